The highest BCUT2D eigenvalue weighted by molar-refractivity contribution is 7.92. The van der Waals surface area contributed by atoms with Gasteiger partial charge in [0.1, 0.15) is 5.25 Å². The molecule has 0 aliphatic heterocycles. The van der Waals surface area contributed by atoms with E-state index in [9.17, 15) is 13.2 Å². The molecule has 1 saturated carbocycles. The molecule has 0 saturated heterocycles. The number of hydrogen-bond donors (Lipinski definition) is 1. The summed E-state index contributed by atoms with van der Waals surface area (Å²) < 4.78 is 24.5. The van der Waals surface area contributed by atoms with Crippen molar-refractivity contribution in [3.05, 3.63) is 35.9 Å². The quantitative estimate of drug-likeness (QED) is 0.904. The van der Waals surface area contributed by atoms with Gasteiger partial charge in [0, 0.05) is 6.04 Å². The minimum Gasteiger partial charge on any atom is -0.352 e. The second-order valence-electron chi connectivity index (χ2n) is 5.42. The molecule has 1 atom stereocenters. The fourth-order valence-corrected chi connectivity index (χ4v) is 3.78. The molecule has 1 amide bonds. The topological polar surface area (TPSA) is 63.2 Å². The minimum absolute atomic E-state index is 0.0902. The second kappa shape index (κ2) is 6.39. The third kappa shape index (κ3) is 3.82. The molecule has 0 spiro atoms. The lowest BCUT2D eigenvalue weighted by atomic mass is 10.2. The first kappa shape index (κ1) is 15.0. The van der Waals surface area contributed by atoms with E-state index in [0.717, 1.165) is 25.7 Å². The summed E-state index contributed by atoms with van der Waals surface area (Å²) in [7, 11) is -3.47. The number of hydrogen-bond acceptors (Lipinski definition) is 3. The first-order chi connectivity index (χ1) is 9.49. The Bertz CT molecular complexity index is 548. The Morgan fingerprint density at radius 3 is 2.45 bits per heavy atom. The largest absolute Gasteiger partial charge is 0.352 e. The highest BCUT2D eigenvalue weighted by atomic mass is 32.2. The monoisotopic (exact) mass is 295 g/mol. The number of benzene rings is 1. The Morgan fingerprint density at radius 1 is 1.25 bits per heavy atom. The minimum atomic E-state index is -3.47. The summed E-state index contributed by atoms with van der Waals surface area (Å²) in [6.07, 6.45) is 4.13. The molecular formula is C15H21NO3S. The highest BCUT2D eigenvalue weighted by Crippen LogP contribution is 2.18. The maximum atomic E-state index is 12.3. The molecule has 20 heavy (non-hydrogen) atoms. The normalized spacial score (nSPS) is 17.9. The Balaban J connectivity index is 1.99. The van der Waals surface area contributed by atoms with Crippen LogP contribution in [0.3, 0.4) is 0 Å². The van der Waals surface area contributed by atoms with Gasteiger partial charge in [-0.25, -0.2) is 8.42 Å². The smallest absolute Gasteiger partial charge is 0.238 e. The average molecular weight is 295 g/mol. The zero-order valence-electron chi connectivity index (χ0n) is 11.7. The van der Waals surface area contributed by atoms with Crippen LogP contribution in [0.25, 0.3) is 0 Å². The van der Waals surface area contributed by atoms with Crippen molar-refractivity contribution in [2.45, 2.75) is 49.7 Å². The van der Waals surface area contributed by atoms with Crippen LogP contribution >= 0.6 is 0 Å². The average Bonchev–Trinajstić information content (AvgIpc) is 2.91. The zero-order valence-corrected chi connectivity index (χ0v) is 12.5. The summed E-state index contributed by atoms with van der Waals surface area (Å²) in [5, 5.41) is 1.86. The molecule has 0 unspecified atom stereocenters. The molecule has 0 bridgehead atoms. The lowest BCUT2D eigenvalue weighted by Crippen LogP contribution is -2.42. The molecule has 1 N–H and O–H groups in total. The number of sulfone groups is 1. The molecule has 1 aliphatic carbocycles. The maximum Gasteiger partial charge on any atom is 0.238 e. The van der Waals surface area contributed by atoms with Crippen LogP contribution in [-0.4, -0.2) is 25.6 Å². The zero-order chi connectivity index (χ0) is 14.6. The van der Waals surface area contributed by atoms with E-state index in [0.29, 0.717) is 5.56 Å². The van der Waals surface area contributed by atoms with Gasteiger partial charge < -0.3 is 5.32 Å². The molecule has 0 aromatic heterocycles. The van der Waals surface area contributed by atoms with Crippen molar-refractivity contribution in [2.75, 3.05) is 0 Å². The fourth-order valence-electron chi connectivity index (χ4n) is 2.48. The van der Waals surface area contributed by atoms with E-state index in [1.54, 1.807) is 24.3 Å². The van der Waals surface area contributed by atoms with Gasteiger partial charge in [-0.2, -0.15) is 0 Å². The van der Waals surface area contributed by atoms with E-state index >= 15 is 0 Å². The lowest BCUT2D eigenvalue weighted by molar-refractivity contribution is -0.121. The van der Waals surface area contributed by atoms with Crippen molar-refractivity contribution in [2.24, 2.45) is 0 Å². The maximum absolute atomic E-state index is 12.3. The summed E-state index contributed by atoms with van der Waals surface area (Å²) in [5.74, 6) is -0.458. The van der Waals surface area contributed by atoms with Gasteiger partial charge in [-0.15, -0.1) is 0 Å². The first-order valence-electron chi connectivity index (χ1n) is 7.05. The summed E-state index contributed by atoms with van der Waals surface area (Å²) in [6, 6.07) is 9.12. The summed E-state index contributed by atoms with van der Waals surface area (Å²) in [5.41, 5.74) is 0.716. The van der Waals surface area contributed by atoms with Crippen LogP contribution < -0.4 is 5.32 Å². The Labute approximate surface area is 120 Å². The lowest BCUT2D eigenvalue weighted by Gasteiger charge is -2.17. The van der Waals surface area contributed by atoms with Crippen LogP contribution in [0.2, 0.25) is 0 Å². The SMILES string of the molecule is C[C@@H](C(=O)NC1CCCC1)S(=O)(=O)Cc1ccccc1. The molecule has 0 heterocycles. The van der Waals surface area contributed by atoms with Gasteiger partial charge in [-0.05, 0) is 25.3 Å². The molecular weight excluding hydrogens is 274 g/mol. The fraction of sp³-hybridized carbons (Fsp3) is 0.533. The van der Waals surface area contributed by atoms with Crippen LogP contribution in [0.4, 0.5) is 0 Å². The van der Waals surface area contributed by atoms with Crippen molar-refractivity contribution in [1.29, 1.82) is 0 Å². The van der Waals surface area contributed by atoms with Crippen LogP contribution in [0.1, 0.15) is 38.2 Å². The highest BCUT2D eigenvalue weighted by Gasteiger charge is 2.30. The molecule has 1 aromatic rings. The molecule has 4 nitrogen and oxygen atoms in total. The molecule has 1 fully saturated rings. The van der Waals surface area contributed by atoms with E-state index in [4.69, 9.17) is 0 Å². The molecule has 1 aliphatic rings. The van der Waals surface area contributed by atoms with Gasteiger partial charge in [0.15, 0.2) is 9.84 Å². The summed E-state index contributed by atoms with van der Waals surface area (Å²) in [4.78, 5) is 12.0. The number of amides is 1. The van der Waals surface area contributed by atoms with Gasteiger partial charge in [0.25, 0.3) is 0 Å². The molecule has 5 heteroatoms. The summed E-state index contributed by atoms with van der Waals surface area (Å²) in [6.45, 7) is 1.47. The first-order valence-corrected chi connectivity index (χ1v) is 8.76. The van der Waals surface area contributed by atoms with Gasteiger partial charge in [-0.1, -0.05) is 43.2 Å². The van der Waals surface area contributed by atoms with E-state index in [1.165, 1.54) is 6.92 Å². The molecule has 1 aromatic carbocycles. The van der Waals surface area contributed by atoms with Crippen molar-refractivity contribution < 1.29 is 13.2 Å². The Kier molecular flexibility index (Phi) is 4.81. The van der Waals surface area contributed by atoms with Crippen LogP contribution in [0.15, 0.2) is 30.3 Å². The van der Waals surface area contributed by atoms with Gasteiger partial charge in [0.2, 0.25) is 5.91 Å². The third-order valence-electron chi connectivity index (χ3n) is 3.82. The molecule has 0 radical (unpaired) electrons. The van der Waals surface area contributed by atoms with Crippen molar-refractivity contribution in [3.63, 3.8) is 0 Å². The van der Waals surface area contributed by atoms with Crippen molar-refractivity contribution in [1.82, 2.24) is 5.32 Å². The standard InChI is InChI=1S/C15H21NO3S/c1-12(15(17)16-14-9-5-6-10-14)20(18,19)11-13-7-3-2-4-8-13/h2-4,7-8,12,14H,5-6,9-11H2,1H3,(H,16,17)/t12-/m0/s1. The predicted molar refractivity (Wildman–Crippen MR) is 78.9 cm³/mol. The predicted octanol–water partition coefficient (Wildman–Crippen LogP) is 2.05. The van der Waals surface area contributed by atoms with Crippen molar-refractivity contribution in [3.8, 4) is 0 Å². The molecule has 110 valence electrons. The molecule has 2 rings (SSSR count). The van der Waals surface area contributed by atoms with Crippen LogP contribution in [-0.2, 0) is 20.4 Å². The summed E-state index contributed by atoms with van der Waals surface area (Å²) >= 11 is 0. The Morgan fingerprint density at radius 2 is 1.85 bits per heavy atom. The third-order valence-corrected chi connectivity index (χ3v) is 5.85. The van der Waals surface area contributed by atoms with Crippen LogP contribution in [0, 0.1) is 0 Å². The van der Waals surface area contributed by atoms with Gasteiger partial charge in [-0.3, -0.25) is 4.79 Å². The Hall–Kier alpha value is -1.36. The van der Waals surface area contributed by atoms with E-state index < -0.39 is 15.1 Å². The van der Waals surface area contributed by atoms with Crippen molar-refractivity contribution >= 4 is 15.7 Å². The van der Waals surface area contributed by atoms with E-state index in [-0.39, 0.29) is 17.7 Å². The van der Waals surface area contributed by atoms with E-state index in [2.05, 4.69) is 5.32 Å². The van der Waals surface area contributed by atoms with E-state index in [1.807, 2.05) is 6.07 Å². The second-order valence-corrected chi connectivity index (χ2v) is 7.75. The number of carbonyl (C=O) groups excluding carboxylic acids is 1. The van der Waals surface area contributed by atoms with Crippen LogP contribution in [0.5, 0.6) is 0 Å². The number of carbonyl (C=O) groups is 1. The number of rotatable bonds is 5. The van der Waals surface area contributed by atoms with Gasteiger partial charge >= 0.3 is 0 Å². The van der Waals surface area contributed by atoms with Gasteiger partial charge in [0.05, 0.1) is 5.75 Å². The number of nitrogens with one attached hydrogen (secondary N) is 1.